The first-order valence-corrected chi connectivity index (χ1v) is 6.70. The van der Waals surface area contributed by atoms with Crippen molar-refractivity contribution in [3.05, 3.63) is 29.3 Å². The third-order valence-corrected chi connectivity index (χ3v) is 3.70. The summed E-state index contributed by atoms with van der Waals surface area (Å²) in [5.74, 6) is 0. The molecule has 1 atom stereocenters. The summed E-state index contributed by atoms with van der Waals surface area (Å²) in [5.41, 5.74) is 8.78. The van der Waals surface area contributed by atoms with Crippen LogP contribution < -0.4 is 11.1 Å². The molecule has 1 aromatic rings. The molecule has 98 valence electrons. The summed E-state index contributed by atoms with van der Waals surface area (Å²) in [4.78, 5) is 0.429. The van der Waals surface area contributed by atoms with Crippen LogP contribution in [-0.4, -0.2) is 23.7 Å². The maximum atomic E-state index is 5.78. The number of thiocarbonyl (C=S) groups is 1. The number of anilines is 1. The van der Waals surface area contributed by atoms with Crippen molar-refractivity contribution in [2.75, 3.05) is 18.5 Å². The van der Waals surface area contributed by atoms with Crippen LogP contribution >= 0.6 is 12.2 Å². The van der Waals surface area contributed by atoms with Crippen LogP contribution in [0.3, 0.4) is 0 Å². The topological polar surface area (TPSA) is 47.3 Å². The molecule has 0 bridgehead atoms. The zero-order valence-corrected chi connectivity index (χ0v) is 11.8. The molecule has 0 aromatic heterocycles. The number of aryl methyl sites for hydroxylation is 1. The van der Waals surface area contributed by atoms with Gasteiger partial charge in [-0.25, -0.2) is 0 Å². The van der Waals surface area contributed by atoms with Gasteiger partial charge in [-0.2, -0.15) is 0 Å². The summed E-state index contributed by atoms with van der Waals surface area (Å²) in [6.45, 7) is 5.84. The average molecular weight is 264 g/mol. The first-order chi connectivity index (χ1) is 8.52. The molecule has 0 amide bonds. The number of hydrogen-bond acceptors (Lipinski definition) is 3. The molecule has 0 aliphatic carbocycles. The molecule has 18 heavy (non-hydrogen) atoms. The summed E-state index contributed by atoms with van der Waals surface area (Å²) in [7, 11) is 0. The van der Waals surface area contributed by atoms with Gasteiger partial charge >= 0.3 is 0 Å². The molecule has 4 heteroatoms. The molecule has 1 saturated heterocycles. The highest BCUT2D eigenvalue weighted by Crippen LogP contribution is 2.27. The highest BCUT2D eigenvalue weighted by atomic mass is 32.1. The Morgan fingerprint density at radius 3 is 2.94 bits per heavy atom. The van der Waals surface area contributed by atoms with Gasteiger partial charge in [0.1, 0.15) is 4.99 Å². The van der Waals surface area contributed by atoms with Gasteiger partial charge in [0.2, 0.25) is 0 Å². The molecule has 3 nitrogen and oxygen atoms in total. The Morgan fingerprint density at radius 1 is 1.56 bits per heavy atom. The molecule has 1 unspecified atom stereocenters. The summed E-state index contributed by atoms with van der Waals surface area (Å²) < 4.78 is 5.78. The molecular formula is C14H20N2OS. The average Bonchev–Trinajstić information content (AvgIpc) is 2.74. The van der Waals surface area contributed by atoms with E-state index in [0.29, 0.717) is 4.99 Å². The van der Waals surface area contributed by atoms with Crippen molar-refractivity contribution < 1.29 is 4.74 Å². The van der Waals surface area contributed by atoms with Crippen LogP contribution in [0.1, 0.15) is 30.9 Å². The third kappa shape index (κ3) is 2.82. The lowest BCUT2D eigenvalue weighted by atomic mass is 10.0. The predicted molar refractivity (Wildman–Crippen MR) is 79.1 cm³/mol. The van der Waals surface area contributed by atoms with Gasteiger partial charge in [-0.05, 0) is 38.3 Å². The Hall–Kier alpha value is -1.13. The van der Waals surface area contributed by atoms with E-state index in [-0.39, 0.29) is 5.60 Å². The number of nitrogens with two attached hydrogens (primary N) is 1. The predicted octanol–water partition coefficient (Wildman–Crippen LogP) is 2.61. The van der Waals surface area contributed by atoms with Crippen molar-refractivity contribution in [3.63, 3.8) is 0 Å². The minimum Gasteiger partial charge on any atom is -0.389 e. The largest absolute Gasteiger partial charge is 0.389 e. The van der Waals surface area contributed by atoms with E-state index in [1.165, 1.54) is 0 Å². The number of para-hydroxylation sites is 1. The number of benzene rings is 1. The zero-order chi connectivity index (χ0) is 13.2. The van der Waals surface area contributed by atoms with Gasteiger partial charge in [-0.15, -0.1) is 0 Å². The highest BCUT2D eigenvalue weighted by Gasteiger charge is 2.29. The standard InChI is InChI=1S/C14H20N2OS/c1-10-5-3-6-11(13(15)18)12(10)16-9-14(2)7-4-8-17-14/h3,5-6,16H,4,7-9H2,1-2H3,(H2,15,18). The van der Waals surface area contributed by atoms with Gasteiger partial charge in [0.25, 0.3) is 0 Å². The molecule has 0 saturated carbocycles. The maximum Gasteiger partial charge on any atom is 0.106 e. The van der Waals surface area contributed by atoms with E-state index in [4.69, 9.17) is 22.7 Å². The molecule has 3 N–H and O–H groups in total. The van der Waals surface area contributed by atoms with Crippen molar-refractivity contribution in [2.24, 2.45) is 5.73 Å². The van der Waals surface area contributed by atoms with Crippen molar-refractivity contribution in [3.8, 4) is 0 Å². The molecule has 1 aliphatic heterocycles. The van der Waals surface area contributed by atoms with Crippen LogP contribution in [0.15, 0.2) is 18.2 Å². The van der Waals surface area contributed by atoms with E-state index in [9.17, 15) is 0 Å². The Morgan fingerprint density at radius 2 is 2.33 bits per heavy atom. The normalized spacial score (nSPS) is 23.0. The van der Waals surface area contributed by atoms with E-state index in [0.717, 1.165) is 42.8 Å². The van der Waals surface area contributed by atoms with E-state index in [2.05, 4.69) is 25.2 Å². The summed E-state index contributed by atoms with van der Waals surface area (Å²) in [6.07, 6.45) is 2.22. The van der Waals surface area contributed by atoms with Crippen molar-refractivity contribution in [1.29, 1.82) is 0 Å². The van der Waals surface area contributed by atoms with Crippen molar-refractivity contribution in [1.82, 2.24) is 0 Å². The first-order valence-electron chi connectivity index (χ1n) is 6.29. The molecular weight excluding hydrogens is 244 g/mol. The quantitative estimate of drug-likeness (QED) is 0.821. The Labute approximate surface area is 114 Å². The maximum absolute atomic E-state index is 5.78. The monoisotopic (exact) mass is 264 g/mol. The number of nitrogens with one attached hydrogen (secondary N) is 1. The van der Waals surface area contributed by atoms with Crippen LogP contribution in [-0.2, 0) is 4.74 Å². The van der Waals surface area contributed by atoms with E-state index < -0.39 is 0 Å². The van der Waals surface area contributed by atoms with Crippen molar-refractivity contribution >= 4 is 22.9 Å². The van der Waals surface area contributed by atoms with Gasteiger partial charge in [-0.3, -0.25) is 0 Å². The van der Waals surface area contributed by atoms with Crippen LogP contribution in [0.5, 0.6) is 0 Å². The van der Waals surface area contributed by atoms with Gasteiger partial charge < -0.3 is 15.8 Å². The van der Waals surface area contributed by atoms with Crippen LogP contribution in [0.2, 0.25) is 0 Å². The van der Waals surface area contributed by atoms with Crippen molar-refractivity contribution in [2.45, 2.75) is 32.3 Å². The Bertz CT molecular complexity index is 453. The third-order valence-electron chi connectivity index (χ3n) is 3.48. The van der Waals surface area contributed by atoms with E-state index in [1.54, 1.807) is 0 Å². The van der Waals surface area contributed by atoms with E-state index >= 15 is 0 Å². The smallest absolute Gasteiger partial charge is 0.106 e. The molecule has 0 radical (unpaired) electrons. The fraction of sp³-hybridized carbons (Fsp3) is 0.500. The van der Waals surface area contributed by atoms with Crippen LogP contribution in [0.4, 0.5) is 5.69 Å². The van der Waals surface area contributed by atoms with Crippen LogP contribution in [0.25, 0.3) is 0 Å². The lowest BCUT2D eigenvalue weighted by Crippen LogP contribution is -2.33. The molecule has 1 aromatic carbocycles. The summed E-state index contributed by atoms with van der Waals surface area (Å²) in [6, 6.07) is 5.99. The minimum absolute atomic E-state index is 0.0736. The molecule has 1 aliphatic rings. The van der Waals surface area contributed by atoms with Crippen LogP contribution in [0, 0.1) is 6.92 Å². The lowest BCUT2D eigenvalue weighted by molar-refractivity contribution is 0.0315. The van der Waals surface area contributed by atoms with Gasteiger partial charge in [-0.1, -0.05) is 24.4 Å². The van der Waals surface area contributed by atoms with Gasteiger partial charge in [0.15, 0.2) is 0 Å². The van der Waals surface area contributed by atoms with Gasteiger partial charge in [0.05, 0.1) is 5.60 Å². The Balaban J connectivity index is 2.15. The molecule has 2 rings (SSSR count). The second kappa shape index (κ2) is 5.24. The zero-order valence-electron chi connectivity index (χ0n) is 11.0. The fourth-order valence-electron chi connectivity index (χ4n) is 2.36. The second-order valence-corrected chi connectivity index (χ2v) is 5.56. The number of ether oxygens (including phenoxy) is 1. The summed E-state index contributed by atoms with van der Waals surface area (Å²) in [5, 5.41) is 3.45. The molecule has 1 fully saturated rings. The molecule has 1 heterocycles. The minimum atomic E-state index is -0.0736. The second-order valence-electron chi connectivity index (χ2n) is 5.12. The fourth-order valence-corrected chi connectivity index (χ4v) is 2.53. The number of hydrogen-bond donors (Lipinski definition) is 2. The lowest BCUT2D eigenvalue weighted by Gasteiger charge is -2.25. The highest BCUT2D eigenvalue weighted by molar-refractivity contribution is 7.80. The Kier molecular flexibility index (Phi) is 3.88. The van der Waals surface area contributed by atoms with Gasteiger partial charge in [0, 0.05) is 24.4 Å². The molecule has 0 spiro atoms. The van der Waals surface area contributed by atoms with E-state index in [1.807, 2.05) is 12.1 Å². The number of rotatable bonds is 4. The SMILES string of the molecule is Cc1cccc(C(N)=S)c1NCC1(C)CCCO1. The first kappa shape index (κ1) is 13.3. The summed E-state index contributed by atoms with van der Waals surface area (Å²) >= 11 is 5.09.